The number of nitrogens with one attached hydrogen (secondary N) is 1. The number of hydrogen-bond acceptors (Lipinski definition) is 3. The van der Waals surface area contributed by atoms with E-state index >= 15 is 0 Å². The lowest BCUT2D eigenvalue weighted by atomic mass is 9.96. The van der Waals surface area contributed by atoms with E-state index in [0.717, 1.165) is 24.5 Å². The first kappa shape index (κ1) is 14.5. The van der Waals surface area contributed by atoms with Crippen molar-refractivity contribution in [3.8, 4) is 0 Å². The van der Waals surface area contributed by atoms with Crippen LogP contribution in [0.15, 0.2) is 36.5 Å². The molecule has 1 fully saturated rings. The Morgan fingerprint density at radius 1 is 1.24 bits per heavy atom. The van der Waals surface area contributed by atoms with Crippen molar-refractivity contribution in [1.82, 2.24) is 15.2 Å². The van der Waals surface area contributed by atoms with E-state index < -0.39 is 0 Å². The standard InChI is InChI=1S/C18H25N3/c1-2-19-12-15-7-9-21(10-8-15)14-16-11-17-5-3-4-6-18(17)20-13-16/h3-6,11,13,15,19H,2,7-10,12,14H2,1H3. The van der Waals surface area contributed by atoms with Gasteiger partial charge in [-0.15, -0.1) is 0 Å². The number of piperidine rings is 1. The Hall–Kier alpha value is -1.45. The number of aromatic nitrogens is 1. The molecular formula is C18H25N3. The van der Waals surface area contributed by atoms with Gasteiger partial charge in [-0.2, -0.15) is 0 Å². The van der Waals surface area contributed by atoms with Gasteiger partial charge in [-0.3, -0.25) is 9.88 Å². The van der Waals surface area contributed by atoms with Crippen LogP contribution in [0.1, 0.15) is 25.3 Å². The van der Waals surface area contributed by atoms with Gasteiger partial charge in [0.2, 0.25) is 0 Å². The Morgan fingerprint density at radius 3 is 2.86 bits per heavy atom. The van der Waals surface area contributed by atoms with Crippen LogP contribution in [0.4, 0.5) is 0 Å². The second kappa shape index (κ2) is 7.01. The van der Waals surface area contributed by atoms with Crippen molar-refractivity contribution in [2.45, 2.75) is 26.3 Å². The van der Waals surface area contributed by atoms with Gasteiger partial charge in [0, 0.05) is 18.1 Å². The molecule has 3 nitrogen and oxygen atoms in total. The van der Waals surface area contributed by atoms with E-state index in [9.17, 15) is 0 Å². The molecule has 0 spiro atoms. The van der Waals surface area contributed by atoms with Crippen molar-refractivity contribution in [2.75, 3.05) is 26.2 Å². The average Bonchev–Trinajstić information content (AvgIpc) is 2.54. The molecule has 1 aliphatic rings. The van der Waals surface area contributed by atoms with Gasteiger partial charge in [0.05, 0.1) is 5.52 Å². The van der Waals surface area contributed by atoms with E-state index in [1.54, 1.807) is 0 Å². The monoisotopic (exact) mass is 283 g/mol. The Bertz CT molecular complexity index is 573. The van der Waals surface area contributed by atoms with Crippen molar-refractivity contribution in [3.63, 3.8) is 0 Å². The van der Waals surface area contributed by atoms with Crippen LogP contribution in [0, 0.1) is 5.92 Å². The van der Waals surface area contributed by atoms with Crippen LogP contribution in [0.25, 0.3) is 10.9 Å². The fourth-order valence-electron chi connectivity index (χ4n) is 3.16. The molecule has 1 N–H and O–H groups in total. The van der Waals surface area contributed by atoms with Gasteiger partial charge in [-0.1, -0.05) is 25.1 Å². The SMILES string of the molecule is CCNCC1CCN(Cc2cnc3ccccc3c2)CC1. The predicted octanol–water partition coefficient (Wildman–Crippen LogP) is 3.06. The third-order valence-corrected chi connectivity index (χ3v) is 4.44. The fraction of sp³-hybridized carbons (Fsp3) is 0.500. The maximum atomic E-state index is 4.57. The van der Waals surface area contributed by atoms with Gasteiger partial charge in [-0.25, -0.2) is 0 Å². The summed E-state index contributed by atoms with van der Waals surface area (Å²) in [5.41, 5.74) is 2.42. The van der Waals surface area contributed by atoms with Crippen LogP contribution in [0.2, 0.25) is 0 Å². The molecule has 2 heterocycles. The zero-order chi connectivity index (χ0) is 14.5. The number of hydrogen-bond donors (Lipinski definition) is 1. The quantitative estimate of drug-likeness (QED) is 0.914. The summed E-state index contributed by atoms with van der Waals surface area (Å²) in [6, 6.07) is 10.6. The number of likely N-dealkylation sites (tertiary alicyclic amines) is 1. The summed E-state index contributed by atoms with van der Waals surface area (Å²) in [6.07, 6.45) is 4.66. The van der Waals surface area contributed by atoms with Crippen molar-refractivity contribution in [1.29, 1.82) is 0 Å². The molecule has 2 aromatic rings. The number of para-hydroxylation sites is 1. The van der Waals surface area contributed by atoms with Crippen LogP contribution >= 0.6 is 0 Å². The predicted molar refractivity (Wildman–Crippen MR) is 88.3 cm³/mol. The molecule has 21 heavy (non-hydrogen) atoms. The first-order valence-electron chi connectivity index (χ1n) is 8.12. The third-order valence-electron chi connectivity index (χ3n) is 4.44. The minimum Gasteiger partial charge on any atom is -0.317 e. The second-order valence-corrected chi connectivity index (χ2v) is 6.06. The zero-order valence-corrected chi connectivity index (χ0v) is 12.9. The number of pyridine rings is 1. The average molecular weight is 283 g/mol. The molecule has 112 valence electrons. The summed E-state index contributed by atoms with van der Waals surface area (Å²) in [5.74, 6) is 0.857. The van der Waals surface area contributed by atoms with E-state index in [0.29, 0.717) is 0 Å². The first-order chi connectivity index (χ1) is 10.3. The molecule has 0 atom stereocenters. The lowest BCUT2D eigenvalue weighted by Crippen LogP contribution is -2.36. The number of benzene rings is 1. The van der Waals surface area contributed by atoms with E-state index in [1.807, 2.05) is 12.3 Å². The molecule has 0 saturated carbocycles. The maximum absolute atomic E-state index is 4.57. The molecule has 0 bridgehead atoms. The molecule has 0 radical (unpaired) electrons. The third kappa shape index (κ3) is 3.80. The van der Waals surface area contributed by atoms with Crippen LogP contribution < -0.4 is 5.32 Å². The highest BCUT2D eigenvalue weighted by atomic mass is 15.1. The normalized spacial score (nSPS) is 17.4. The van der Waals surface area contributed by atoms with Gasteiger partial charge < -0.3 is 5.32 Å². The molecule has 1 aromatic heterocycles. The van der Waals surface area contributed by atoms with E-state index in [1.165, 1.54) is 43.4 Å². The minimum absolute atomic E-state index is 0.857. The highest BCUT2D eigenvalue weighted by Gasteiger charge is 2.18. The molecule has 1 aliphatic heterocycles. The summed E-state index contributed by atoms with van der Waals surface area (Å²) >= 11 is 0. The van der Waals surface area contributed by atoms with Gasteiger partial charge in [0.25, 0.3) is 0 Å². The Labute approximate surface area is 127 Å². The molecule has 0 unspecified atom stereocenters. The van der Waals surface area contributed by atoms with Gasteiger partial charge in [0.15, 0.2) is 0 Å². The number of nitrogens with zero attached hydrogens (tertiary/aromatic N) is 2. The van der Waals surface area contributed by atoms with Crippen LogP contribution in [-0.2, 0) is 6.54 Å². The first-order valence-corrected chi connectivity index (χ1v) is 8.12. The highest BCUT2D eigenvalue weighted by molar-refractivity contribution is 5.78. The molecule has 0 amide bonds. The summed E-state index contributed by atoms with van der Waals surface area (Å²) in [7, 11) is 0. The summed E-state index contributed by atoms with van der Waals surface area (Å²) in [4.78, 5) is 7.13. The fourth-order valence-corrected chi connectivity index (χ4v) is 3.16. The number of rotatable bonds is 5. The van der Waals surface area contributed by atoms with Crippen LogP contribution in [-0.4, -0.2) is 36.1 Å². The van der Waals surface area contributed by atoms with Crippen molar-refractivity contribution in [2.24, 2.45) is 5.92 Å². The van der Waals surface area contributed by atoms with Crippen LogP contribution in [0.5, 0.6) is 0 Å². The molecule has 1 saturated heterocycles. The van der Waals surface area contributed by atoms with E-state index in [-0.39, 0.29) is 0 Å². The summed E-state index contributed by atoms with van der Waals surface area (Å²) in [5, 5.41) is 4.72. The van der Waals surface area contributed by atoms with E-state index in [2.05, 4.69) is 46.4 Å². The van der Waals surface area contributed by atoms with Gasteiger partial charge in [0.1, 0.15) is 0 Å². The van der Waals surface area contributed by atoms with Crippen molar-refractivity contribution < 1.29 is 0 Å². The second-order valence-electron chi connectivity index (χ2n) is 6.06. The molecule has 3 heteroatoms. The molecule has 3 rings (SSSR count). The van der Waals surface area contributed by atoms with Gasteiger partial charge >= 0.3 is 0 Å². The highest BCUT2D eigenvalue weighted by Crippen LogP contribution is 2.19. The Kier molecular flexibility index (Phi) is 4.84. The molecular weight excluding hydrogens is 258 g/mol. The molecule has 0 aliphatic carbocycles. The maximum Gasteiger partial charge on any atom is 0.0702 e. The lowest BCUT2D eigenvalue weighted by molar-refractivity contribution is 0.176. The minimum atomic E-state index is 0.857. The molecule has 1 aromatic carbocycles. The zero-order valence-electron chi connectivity index (χ0n) is 12.9. The Morgan fingerprint density at radius 2 is 2.05 bits per heavy atom. The lowest BCUT2D eigenvalue weighted by Gasteiger charge is -2.32. The topological polar surface area (TPSA) is 28.2 Å². The Balaban J connectivity index is 1.56. The van der Waals surface area contributed by atoms with Gasteiger partial charge in [-0.05, 0) is 62.6 Å². The largest absolute Gasteiger partial charge is 0.317 e. The smallest absolute Gasteiger partial charge is 0.0702 e. The number of fused-ring (bicyclic) bond motifs is 1. The summed E-state index contributed by atoms with van der Waals surface area (Å²) < 4.78 is 0. The van der Waals surface area contributed by atoms with E-state index in [4.69, 9.17) is 0 Å². The van der Waals surface area contributed by atoms with Crippen molar-refractivity contribution >= 4 is 10.9 Å². The van der Waals surface area contributed by atoms with Crippen LogP contribution in [0.3, 0.4) is 0 Å². The summed E-state index contributed by atoms with van der Waals surface area (Å²) in [6.45, 7) is 7.91. The van der Waals surface area contributed by atoms with Crippen molar-refractivity contribution in [3.05, 3.63) is 42.1 Å².